The Hall–Kier alpha value is -3.37. The highest BCUT2D eigenvalue weighted by atomic mass is 32.2. The lowest BCUT2D eigenvalue weighted by atomic mass is 10.2. The van der Waals surface area contributed by atoms with E-state index in [1.54, 1.807) is 18.0 Å². The van der Waals surface area contributed by atoms with E-state index in [-0.39, 0.29) is 12.2 Å². The number of rotatable bonds is 39. The number of nitrogens with zero attached hydrogens (tertiary/aromatic N) is 5. The van der Waals surface area contributed by atoms with Crippen molar-refractivity contribution >= 4 is 63.1 Å². The van der Waals surface area contributed by atoms with Crippen molar-refractivity contribution in [2.45, 2.75) is 107 Å². The van der Waals surface area contributed by atoms with Crippen LogP contribution in [-0.4, -0.2) is 165 Å². The van der Waals surface area contributed by atoms with Crippen molar-refractivity contribution in [1.82, 2.24) is 29.9 Å². The van der Waals surface area contributed by atoms with Crippen molar-refractivity contribution < 1.29 is 60.1 Å². The smallest absolute Gasteiger partial charge is 0.304 e. The second-order valence-corrected chi connectivity index (χ2v) is 27.6. The Labute approximate surface area is 516 Å². The van der Waals surface area contributed by atoms with Gasteiger partial charge in [0, 0.05) is 101 Å². The number of nitrogens with two attached hydrogens (primary N) is 1. The molecule has 0 aliphatic carbocycles. The molecule has 83 heavy (non-hydrogen) atoms. The quantitative estimate of drug-likeness (QED) is 0.0107. The van der Waals surface area contributed by atoms with Crippen LogP contribution in [-0.2, 0) is 81.3 Å². The van der Waals surface area contributed by atoms with Crippen LogP contribution in [0.4, 0.5) is 0 Å². The van der Waals surface area contributed by atoms with Gasteiger partial charge in [0.25, 0.3) is 33.4 Å². The molecule has 0 radical (unpaired) electrons. The summed E-state index contributed by atoms with van der Waals surface area (Å²) in [5.74, 6) is 15.0. The van der Waals surface area contributed by atoms with Gasteiger partial charge in [-0.25, -0.2) is 43.2 Å². The fraction of sp³-hybridized carbons (Fsp3) is 0.724. The van der Waals surface area contributed by atoms with Crippen LogP contribution >= 0.6 is 47.0 Å². The minimum absolute atomic E-state index is 0.162. The zero-order chi connectivity index (χ0) is 61.9. The summed E-state index contributed by atoms with van der Waals surface area (Å²) >= 11 is 7.08. The van der Waals surface area contributed by atoms with E-state index in [9.17, 15) is 13.2 Å². The number of carboxylic acids is 1. The first-order valence-electron chi connectivity index (χ1n) is 29.2. The second-order valence-electron chi connectivity index (χ2n) is 21.2. The first-order valence-corrected chi connectivity index (χ1v) is 35.4. The lowest BCUT2D eigenvalue weighted by Crippen LogP contribution is -2.35. The van der Waals surface area contributed by atoms with Crippen molar-refractivity contribution in [1.29, 1.82) is 0 Å². The van der Waals surface area contributed by atoms with Gasteiger partial charge in [-0.2, -0.15) is 55.5 Å². The van der Waals surface area contributed by atoms with E-state index in [4.69, 9.17) is 34.3 Å². The number of aromatic nitrogens is 10. The Bertz CT molecular complexity index is 2170. The lowest BCUT2D eigenvalue weighted by Gasteiger charge is -2.06. The van der Waals surface area contributed by atoms with Gasteiger partial charge >= 0.3 is 5.97 Å². The van der Waals surface area contributed by atoms with E-state index >= 15 is 0 Å². The van der Waals surface area contributed by atoms with Crippen LogP contribution in [0.15, 0.2) is 62.0 Å². The van der Waals surface area contributed by atoms with Gasteiger partial charge < -0.3 is 34.8 Å². The number of aryl methyl sites for hydroxylation is 5. The average molecular weight is 1270 g/mol. The molecular weight excluding hydrogens is 1160 g/mol. The Morgan fingerprint density at radius 2 is 0.867 bits per heavy atom. The van der Waals surface area contributed by atoms with E-state index in [1.807, 2.05) is 107 Å². The van der Waals surface area contributed by atoms with Crippen LogP contribution in [0.25, 0.3) is 0 Å². The molecule has 0 aromatic carbocycles. The van der Waals surface area contributed by atoms with E-state index in [2.05, 4.69) is 104 Å². The molecule has 0 aliphatic rings. The number of hydrogen-bond acceptors (Lipinski definition) is 13. The molecule has 478 valence electrons. The molecule has 0 aliphatic heterocycles. The maximum atomic E-state index is 10.4. The normalized spacial score (nSPS) is 11.1. The van der Waals surface area contributed by atoms with Gasteiger partial charge in [-0.3, -0.25) is 9.35 Å². The molecule has 5 aromatic rings. The predicted molar refractivity (Wildman–Crippen MR) is 344 cm³/mol. The number of ether oxygens (including phenoxy) is 4. The highest BCUT2D eigenvalue weighted by Crippen LogP contribution is 2.08. The summed E-state index contributed by atoms with van der Waals surface area (Å²) in [6.07, 6.45) is 26.8. The molecule has 0 saturated heterocycles. The Kier molecular flexibility index (Phi) is 50.8. The minimum atomic E-state index is -3.78. The highest BCUT2D eigenvalue weighted by molar-refractivity contribution is 8.00. The second kappa shape index (κ2) is 52.9. The summed E-state index contributed by atoms with van der Waals surface area (Å²) in [7, 11) is 4.36. The van der Waals surface area contributed by atoms with Crippen LogP contribution in [0.2, 0.25) is 0 Å². The van der Waals surface area contributed by atoms with Gasteiger partial charge in [0.15, 0.2) is 12.8 Å². The Morgan fingerprint density at radius 1 is 0.530 bits per heavy atom. The Balaban J connectivity index is 0.000000974. The van der Waals surface area contributed by atoms with Gasteiger partial charge in [0.2, 0.25) is 0 Å². The molecular formula is C58H111N11O9S5+4. The van der Waals surface area contributed by atoms with E-state index in [1.165, 1.54) is 46.6 Å². The maximum Gasteiger partial charge on any atom is 0.304 e. The fourth-order valence-electron chi connectivity index (χ4n) is 6.52. The molecule has 20 nitrogen and oxygen atoms in total. The van der Waals surface area contributed by atoms with Crippen LogP contribution in [0, 0.1) is 23.7 Å². The van der Waals surface area contributed by atoms with Gasteiger partial charge in [-0.05, 0) is 72.4 Å². The summed E-state index contributed by atoms with van der Waals surface area (Å²) < 4.78 is 59.2. The third kappa shape index (κ3) is 51.6. The number of nitrogens with one attached hydrogen (secondary N) is 5. The van der Waals surface area contributed by atoms with E-state index < -0.39 is 16.1 Å². The number of carboxylic acid groups (broad SMARTS) is 1. The molecule has 5 aromatic heterocycles. The summed E-state index contributed by atoms with van der Waals surface area (Å²) in [5.41, 5.74) is 5.36. The molecule has 0 fully saturated rings. The highest BCUT2D eigenvalue weighted by Gasteiger charge is 2.16. The molecule has 9 N–H and O–H groups in total. The van der Waals surface area contributed by atoms with Gasteiger partial charge in [-0.15, -0.1) is 0 Å². The predicted octanol–water partition coefficient (Wildman–Crippen LogP) is 7.58. The molecule has 25 heteroatoms. The largest absolute Gasteiger partial charge is 0.481 e. The molecule has 0 atom stereocenters. The number of aromatic amines is 5. The summed E-state index contributed by atoms with van der Waals surface area (Å²) in [6.45, 7) is 24.6. The van der Waals surface area contributed by atoms with Crippen LogP contribution in [0.1, 0.15) is 117 Å². The third-order valence-electron chi connectivity index (χ3n) is 10.9. The molecule has 5 heterocycles. The third-order valence-corrected chi connectivity index (χ3v) is 16.2. The first kappa shape index (κ1) is 79.6. The van der Waals surface area contributed by atoms with Gasteiger partial charge in [0.1, 0.15) is 55.4 Å². The van der Waals surface area contributed by atoms with Crippen molar-refractivity contribution in [2.75, 3.05) is 111 Å². The molecule has 0 unspecified atom stereocenters. The zero-order valence-electron chi connectivity index (χ0n) is 52.6. The zero-order valence-corrected chi connectivity index (χ0v) is 56.7. The number of H-pyrrole nitrogens is 5. The molecule has 0 saturated carbocycles. The average Bonchev–Trinajstić information content (AvgIpc) is 4.37. The van der Waals surface area contributed by atoms with Gasteiger partial charge in [0.05, 0.1) is 40.4 Å². The summed E-state index contributed by atoms with van der Waals surface area (Å²) in [4.78, 5) is 30.3. The topological polar surface area (TPSA) is 262 Å². The molecule has 0 spiro atoms. The van der Waals surface area contributed by atoms with Crippen molar-refractivity contribution in [2.24, 2.45) is 57.6 Å². The fourth-order valence-corrected chi connectivity index (χ4v) is 10.8. The summed E-state index contributed by atoms with van der Waals surface area (Å²) in [6, 6.07) is 0. The van der Waals surface area contributed by atoms with Crippen molar-refractivity contribution in [3.8, 4) is 0 Å². The number of hydrogen-bond donors (Lipinski definition) is 8. The monoisotopic (exact) mass is 1270 g/mol. The standard InChI is InChI=1S/C12H22N2OS.C10H20O3S.2C9H12N4.C9H21NOS.C9H20O4S2/c1-11(2)10-15-7-3-8-16-9-4-12-13-5-6-14-12;1-9(2)8-13-5-3-6-14-7-4-10(11)12;2*1-12-5-3-10-8(12)7-9-11-4-6-13(9)2;1-9(2)8-11-5-3-6-12-7-4-10;1-9(2)8-13-4-3-5-14-6-7-15(10,11)12/h5-6,11H,3-4,7-10H2,1-2H3,(H,13,14);9H,3-8H2,1-2H3,(H,11,12);2*3-6H,7H2,1-2H3;9H,3-8,10H2,1-2H3;9H,3-8H2,1-2H3,(H,10,11,12)/p+4. The molecule has 0 amide bonds. The SMILES string of the molecule is CC(C)COCCCSCCC(=O)O.CC(C)COCCCSCCN.CC(C)COCCCSCCS(=O)(=O)O.CC(C)COCCCSCCc1ncc[nH]1.C[n+]1cc[nH]c1Cc1[nH]cc[n+]1C.C[n+]1cc[nH]c1Cc1[nH]cc[n+]1C. The van der Waals surface area contributed by atoms with Crippen molar-refractivity contribution in [3.63, 3.8) is 0 Å². The first-order chi connectivity index (χ1) is 39.6. The Morgan fingerprint density at radius 3 is 1.14 bits per heavy atom. The lowest BCUT2D eigenvalue weighted by molar-refractivity contribution is -0.690. The maximum absolute atomic E-state index is 10.4. The van der Waals surface area contributed by atoms with Crippen molar-refractivity contribution in [3.05, 3.63) is 91.1 Å². The van der Waals surface area contributed by atoms with Crippen LogP contribution < -0.4 is 24.0 Å². The van der Waals surface area contributed by atoms with Crippen LogP contribution in [0.3, 0.4) is 0 Å². The number of aliphatic carboxylic acids is 1. The molecule has 0 bridgehead atoms. The van der Waals surface area contributed by atoms with Crippen LogP contribution in [0.5, 0.6) is 0 Å². The molecule has 5 rings (SSSR count). The number of thioether (sulfide) groups is 4. The number of carbonyl (C=O) groups is 1. The summed E-state index contributed by atoms with van der Waals surface area (Å²) in [5, 5.41) is 8.38. The minimum Gasteiger partial charge on any atom is -0.481 e. The van der Waals surface area contributed by atoms with E-state index in [0.29, 0.717) is 35.2 Å². The van der Waals surface area contributed by atoms with Gasteiger partial charge in [-0.1, -0.05) is 55.4 Å². The number of imidazole rings is 5. The van der Waals surface area contributed by atoms with E-state index in [0.717, 1.165) is 133 Å².